The third-order valence-electron chi connectivity index (χ3n) is 3.42. The molecule has 0 bridgehead atoms. The highest BCUT2D eigenvalue weighted by Crippen LogP contribution is 2.10. The fourth-order valence-electron chi connectivity index (χ4n) is 2.34. The highest BCUT2D eigenvalue weighted by atomic mass is 16.2. The molecule has 1 fully saturated rings. The Kier molecular flexibility index (Phi) is 4.56. The van der Waals surface area contributed by atoms with Crippen molar-refractivity contribution in [1.82, 2.24) is 9.47 Å². The van der Waals surface area contributed by atoms with Crippen molar-refractivity contribution in [2.45, 2.75) is 38.6 Å². The molecule has 0 saturated carbocycles. The lowest BCUT2D eigenvalue weighted by Gasteiger charge is -2.20. The largest absolute Gasteiger partial charge is 0.343 e. The molecule has 2 rings (SSSR count). The van der Waals surface area contributed by atoms with Crippen LogP contribution in [0.25, 0.3) is 0 Å². The smallest absolute Gasteiger partial charge is 0.250 e. The summed E-state index contributed by atoms with van der Waals surface area (Å²) in [5.41, 5.74) is -0.0406. The molecule has 1 amide bonds. The third-order valence-corrected chi connectivity index (χ3v) is 3.42. The summed E-state index contributed by atoms with van der Waals surface area (Å²) in [7, 11) is 0. The van der Waals surface area contributed by atoms with Crippen LogP contribution in [0.3, 0.4) is 0 Å². The molecule has 4 heteroatoms. The van der Waals surface area contributed by atoms with Gasteiger partial charge in [-0.05, 0) is 18.9 Å². The zero-order valence-corrected chi connectivity index (χ0v) is 10.7. The van der Waals surface area contributed by atoms with Crippen molar-refractivity contribution in [2.24, 2.45) is 0 Å². The Morgan fingerprint density at radius 1 is 1.11 bits per heavy atom. The van der Waals surface area contributed by atoms with E-state index in [2.05, 4.69) is 0 Å². The Balaban J connectivity index is 1.88. The van der Waals surface area contributed by atoms with Crippen LogP contribution in [0.2, 0.25) is 0 Å². The van der Waals surface area contributed by atoms with E-state index in [1.165, 1.54) is 18.9 Å². The Morgan fingerprint density at radius 3 is 2.50 bits per heavy atom. The van der Waals surface area contributed by atoms with Crippen LogP contribution in [0.5, 0.6) is 0 Å². The molecule has 18 heavy (non-hydrogen) atoms. The summed E-state index contributed by atoms with van der Waals surface area (Å²) in [6.07, 6.45) is 6.82. The fraction of sp³-hybridized carbons (Fsp3) is 0.571. The summed E-state index contributed by atoms with van der Waals surface area (Å²) < 4.78 is 1.59. The number of rotatable bonds is 3. The number of carbonyl (C=O) groups excluding carboxylic acids is 1. The summed E-state index contributed by atoms with van der Waals surface area (Å²) in [6, 6.07) is 5.06. The zero-order chi connectivity index (χ0) is 12.8. The average molecular weight is 248 g/mol. The summed E-state index contributed by atoms with van der Waals surface area (Å²) >= 11 is 0. The first-order valence-electron chi connectivity index (χ1n) is 6.70. The first-order valence-corrected chi connectivity index (χ1v) is 6.70. The van der Waals surface area contributed by atoms with E-state index < -0.39 is 0 Å². The molecule has 1 aromatic rings. The van der Waals surface area contributed by atoms with Crippen LogP contribution in [-0.4, -0.2) is 28.5 Å². The van der Waals surface area contributed by atoms with Crippen LogP contribution < -0.4 is 5.56 Å². The molecule has 0 unspecified atom stereocenters. The molecule has 0 atom stereocenters. The topological polar surface area (TPSA) is 42.3 Å². The van der Waals surface area contributed by atoms with Crippen LogP contribution >= 0.6 is 0 Å². The molecule has 0 N–H and O–H groups in total. The lowest BCUT2D eigenvalue weighted by atomic mass is 10.2. The van der Waals surface area contributed by atoms with Crippen molar-refractivity contribution >= 4 is 5.91 Å². The van der Waals surface area contributed by atoms with Crippen molar-refractivity contribution in [3.8, 4) is 0 Å². The monoisotopic (exact) mass is 248 g/mol. The van der Waals surface area contributed by atoms with E-state index in [-0.39, 0.29) is 11.5 Å². The zero-order valence-electron chi connectivity index (χ0n) is 10.7. The van der Waals surface area contributed by atoms with Crippen molar-refractivity contribution in [1.29, 1.82) is 0 Å². The molecule has 0 aliphatic carbocycles. The standard InChI is InChI=1S/C14H20N2O2/c17-13-7-3-6-11-16(13)12-8-14(18)15-9-4-1-2-5-10-15/h3,6-7,11H,1-2,4-5,8-10,12H2. The molecule has 98 valence electrons. The van der Waals surface area contributed by atoms with Gasteiger partial charge in [0.25, 0.3) is 5.56 Å². The first kappa shape index (κ1) is 12.9. The number of likely N-dealkylation sites (tertiary alicyclic amines) is 1. The molecule has 0 radical (unpaired) electrons. The summed E-state index contributed by atoms with van der Waals surface area (Å²) in [6.45, 7) is 2.24. The van der Waals surface area contributed by atoms with Crippen LogP contribution in [0.1, 0.15) is 32.1 Å². The van der Waals surface area contributed by atoms with E-state index >= 15 is 0 Å². The van der Waals surface area contributed by atoms with E-state index in [0.29, 0.717) is 13.0 Å². The highest BCUT2D eigenvalue weighted by Gasteiger charge is 2.15. The van der Waals surface area contributed by atoms with Gasteiger partial charge in [0.2, 0.25) is 5.91 Å². The van der Waals surface area contributed by atoms with E-state index in [4.69, 9.17) is 0 Å². The lowest BCUT2D eigenvalue weighted by molar-refractivity contribution is -0.131. The molecule has 1 saturated heterocycles. The number of amides is 1. The SMILES string of the molecule is O=C(CCn1ccccc1=O)N1CCCCCC1. The van der Waals surface area contributed by atoms with Gasteiger partial charge in [-0.1, -0.05) is 18.9 Å². The number of nitrogens with zero attached hydrogens (tertiary/aromatic N) is 2. The molecule has 1 aromatic heterocycles. The number of aryl methyl sites for hydroxylation is 1. The van der Waals surface area contributed by atoms with Crippen molar-refractivity contribution < 1.29 is 4.79 Å². The molecular formula is C14H20N2O2. The van der Waals surface area contributed by atoms with Crippen LogP contribution in [0.15, 0.2) is 29.2 Å². The van der Waals surface area contributed by atoms with Crippen molar-refractivity contribution in [2.75, 3.05) is 13.1 Å². The maximum Gasteiger partial charge on any atom is 0.250 e. The first-order chi connectivity index (χ1) is 8.77. The van der Waals surface area contributed by atoms with E-state index in [1.807, 2.05) is 11.0 Å². The number of aromatic nitrogens is 1. The molecule has 1 aliphatic heterocycles. The van der Waals surface area contributed by atoms with Gasteiger partial charge in [-0.25, -0.2) is 0 Å². The Morgan fingerprint density at radius 2 is 1.83 bits per heavy atom. The van der Waals surface area contributed by atoms with E-state index in [9.17, 15) is 9.59 Å². The van der Waals surface area contributed by atoms with Crippen molar-refractivity contribution in [3.63, 3.8) is 0 Å². The van der Waals surface area contributed by atoms with Crippen LogP contribution in [-0.2, 0) is 11.3 Å². The fourth-order valence-corrected chi connectivity index (χ4v) is 2.34. The predicted molar refractivity (Wildman–Crippen MR) is 70.4 cm³/mol. The second kappa shape index (κ2) is 6.38. The molecular weight excluding hydrogens is 228 g/mol. The molecule has 4 nitrogen and oxygen atoms in total. The normalized spacial score (nSPS) is 16.3. The minimum absolute atomic E-state index is 0.0406. The van der Waals surface area contributed by atoms with Gasteiger partial charge in [0.1, 0.15) is 0 Å². The summed E-state index contributed by atoms with van der Waals surface area (Å²) in [5.74, 6) is 0.174. The van der Waals surface area contributed by atoms with Crippen LogP contribution in [0, 0.1) is 0 Å². The Labute approximate surface area is 107 Å². The van der Waals surface area contributed by atoms with Gasteiger partial charge < -0.3 is 9.47 Å². The van der Waals surface area contributed by atoms with E-state index in [0.717, 1.165) is 25.9 Å². The minimum Gasteiger partial charge on any atom is -0.343 e. The number of pyridine rings is 1. The quantitative estimate of drug-likeness (QED) is 0.816. The van der Waals surface area contributed by atoms with Gasteiger partial charge in [0.05, 0.1) is 0 Å². The van der Waals surface area contributed by atoms with Gasteiger partial charge in [-0.3, -0.25) is 9.59 Å². The van der Waals surface area contributed by atoms with Gasteiger partial charge in [-0.15, -0.1) is 0 Å². The van der Waals surface area contributed by atoms with Gasteiger partial charge in [0.15, 0.2) is 0 Å². The molecule has 1 aliphatic rings. The maximum atomic E-state index is 12.0. The summed E-state index contributed by atoms with van der Waals surface area (Å²) in [4.78, 5) is 25.5. The predicted octanol–water partition coefficient (Wildman–Crippen LogP) is 1.64. The maximum absolute atomic E-state index is 12.0. The van der Waals surface area contributed by atoms with Gasteiger partial charge in [0, 0.05) is 38.3 Å². The van der Waals surface area contributed by atoms with E-state index in [1.54, 1.807) is 16.8 Å². The lowest BCUT2D eigenvalue weighted by Crippen LogP contribution is -2.33. The summed E-state index contributed by atoms with van der Waals surface area (Å²) in [5, 5.41) is 0. The second-order valence-corrected chi connectivity index (χ2v) is 4.78. The molecule has 0 aromatic carbocycles. The number of carbonyl (C=O) groups is 1. The average Bonchev–Trinajstić information content (AvgIpc) is 2.66. The minimum atomic E-state index is -0.0406. The van der Waals surface area contributed by atoms with Gasteiger partial charge in [-0.2, -0.15) is 0 Å². The molecule has 0 spiro atoms. The highest BCUT2D eigenvalue weighted by molar-refractivity contribution is 5.76. The van der Waals surface area contributed by atoms with Crippen LogP contribution in [0.4, 0.5) is 0 Å². The molecule has 2 heterocycles. The van der Waals surface area contributed by atoms with Gasteiger partial charge >= 0.3 is 0 Å². The number of hydrogen-bond donors (Lipinski definition) is 0. The number of hydrogen-bond acceptors (Lipinski definition) is 2. The Hall–Kier alpha value is -1.58. The van der Waals surface area contributed by atoms with Crippen molar-refractivity contribution in [3.05, 3.63) is 34.7 Å². The Bertz CT molecular complexity index is 445. The third kappa shape index (κ3) is 3.45. The second-order valence-electron chi connectivity index (χ2n) is 4.78.